The van der Waals surface area contributed by atoms with Crippen LogP contribution in [0.5, 0.6) is 0 Å². The van der Waals surface area contributed by atoms with E-state index in [1.165, 1.54) is 61.9 Å². The Kier molecular flexibility index (Phi) is 6.66. The van der Waals surface area contributed by atoms with Gasteiger partial charge < -0.3 is 0 Å². The number of nitrogens with zero attached hydrogens (tertiary/aromatic N) is 1. The van der Waals surface area contributed by atoms with E-state index in [4.69, 9.17) is 0 Å². The molecule has 0 aliphatic heterocycles. The van der Waals surface area contributed by atoms with Crippen LogP contribution in [0, 0.1) is 0 Å². The zero-order chi connectivity index (χ0) is 10.9. The quantitative estimate of drug-likeness (QED) is 0.589. The number of aromatic nitrogens is 1. The van der Waals surface area contributed by atoms with Gasteiger partial charge in [-0.15, -0.1) is 0 Å². The number of hydrogen-bond acceptors (Lipinski definition) is 2. The van der Waals surface area contributed by atoms with Crippen molar-refractivity contribution in [3.8, 4) is 0 Å². The van der Waals surface area contributed by atoms with Gasteiger partial charge in [0.05, 0.1) is 5.69 Å². The summed E-state index contributed by atoms with van der Waals surface area (Å²) < 4.78 is 4.51. The molecule has 0 saturated carbocycles. The second-order valence-corrected chi connectivity index (χ2v) is 5.09. The standard InChI is InChI=1S/C13H23NS/c1-3-5-7-9-12-11-13(15-14-12)10-8-6-4-2/h11H,3-10H2,1-2H3. The SMILES string of the molecule is CCCCCc1cc(CCCCC)sn1. The molecule has 1 heterocycles. The fourth-order valence-electron chi connectivity index (χ4n) is 1.70. The summed E-state index contributed by atoms with van der Waals surface area (Å²) in [5.41, 5.74) is 1.32. The largest absolute Gasteiger partial charge is 0.197 e. The van der Waals surface area contributed by atoms with Crippen LogP contribution in [-0.2, 0) is 12.8 Å². The molecule has 0 bridgehead atoms. The van der Waals surface area contributed by atoms with Crippen LogP contribution < -0.4 is 0 Å². The maximum Gasteiger partial charge on any atom is 0.0545 e. The van der Waals surface area contributed by atoms with Gasteiger partial charge in [0.2, 0.25) is 0 Å². The Morgan fingerprint density at radius 2 is 1.67 bits per heavy atom. The summed E-state index contributed by atoms with van der Waals surface area (Å²) in [5.74, 6) is 0. The van der Waals surface area contributed by atoms with Gasteiger partial charge in [0, 0.05) is 4.88 Å². The average molecular weight is 225 g/mol. The molecule has 15 heavy (non-hydrogen) atoms. The van der Waals surface area contributed by atoms with Crippen LogP contribution in [0.3, 0.4) is 0 Å². The molecule has 0 aromatic carbocycles. The fraction of sp³-hybridized carbons (Fsp3) is 0.769. The molecule has 0 saturated heterocycles. The molecule has 1 aromatic heterocycles. The van der Waals surface area contributed by atoms with Crippen molar-refractivity contribution in [3.63, 3.8) is 0 Å². The molecule has 1 rings (SSSR count). The van der Waals surface area contributed by atoms with E-state index in [0.29, 0.717) is 0 Å². The lowest BCUT2D eigenvalue weighted by Crippen LogP contribution is -1.84. The van der Waals surface area contributed by atoms with Crippen LogP contribution in [0.25, 0.3) is 0 Å². The molecule has 0 atom stereocenters. The maximum atomic E-state index is 4.51. The van der Waals surface area contributed by atoms with Gasteiger partial charge >= 0.3 is 0 Å². The summed E-state index contributed by atoms with van der Waals surface area (Å²) in [5, 5.41) is 0. The lowest BCUT2D eigenvalue weighted by molar-refractivity contribution is 0.709. The Morgan fingerprint density at radius 3 is 2.33 bits per heavy atom. The minimum atomic E-state index is 1.18. The van der Waals surface area contributed by atoms with Crippen LogP contribution in [-0.4, -0.2) is 4.37 Å². The van der Waals surface area contributed by atoms with E-state index in [1.807, 2.05) is 0 Å². The molecule has 0 amide bonds. The van der Waals surface area contributed by atoms with E-state index in [2.05, 4.69) is 24.3 Å². The molecule has 0 aliphatic rings. The number of hydrogen-bond donors (Lipinski definition) is 0. The third kappa shape index (κ3) is 5.31. The van der Waals surface area contributed by atoms with Crippen LogP contribution in [0.2, 0.25) is 0 Å². The van der Waals surface area contributed by atoms with Gasteiger partial charge in [-0.1, -0.05) is 39.5 Å². The lowest BCUT2D eigenvalue weighted by atomic mass is 10.1. The Labute approximate surface area is 98.1 Å². The smallest absolute Gasteiger partial charge is 0.0545 e. The van der Waals surface area contributed by atoms with Gasteiger partial charge in [0.1, 0.15) is 0 Å². The van der Waals surface area contributed by atoms with Crippen molar-refractivity contribution >= 4 is 11.5 Å². The Hall–Kier alpha value is -0.370. The monoisotopic (exact) mass is 225 g/mol. The summed E-state index contributed by atoms with van der Waals surface area (Å²) in [4.78, 5) is 1.48. The molecular formula is C13H23NS. The highest BCUT2D eigenvalue weighted by atomic mass is 32.1. The predicted molar refractivity (Wildman–Crippen MR) is 68.6 cm³/mol. The zero-order valence-corrected chi connectivity index (χ0v) is 10.9. The van der Waals surface area contributed by atoms with Crippen LogP contribution in [0.4, 0.5) is 0 Å². The molecule has 0 radical (unpaired) electrons. The van der Waals surface area contributed by atoms with Crippen molar-refractivity contribution in [3.05, 3.63) is 16.6 Å². The highest BCUT2D eigenvalue weighted by Gasteiger charge is 2.01. The molecular weight excluding hydrogens is 202 g/mol. The Balaban J connectivity index is 2.23. The minimum absolute atomic E-state index is 1.18. The van der Waals surface area contributed by atoms with Crippen molar-refractivity contribution in [2.75, 3.05) is 0 Å². The van der Waals surface area contributed by atoms with E-state index in [9.17, 15) is 0 Å². The molecule has 0 aliphatic carbocycles. The van der Waals surface area contributed by atoms with Gasteiger partial charge in [-0.3, -0.25) is 0 Å². The summed E-state index contributed by atoms with van der Waals surface area (Å²) in [7, 11) is 0. The topological polar surface area (TPSA) is 12.9 Å². The van der Waals surface area contributed by atoms with E-state index in [1.54, 1.807) is 11.5 Å². The molecule has 0 unspecified atom stereocenters. The van der Waals surface area contributed by atoms with Crippen LogP contribution in [0.15, 0.2) is 6.07 Å². The Morgan fingerprint density at radius 1 is 1.00 bits per heavy atom. The van der Waals surface area contributed by atoms with Gasteiger partial charge in [0.15, 0.2) is 0 Å². The van der Waals surface area contributed by atoms with Crippen molar-refractivity contribution in [2.45, 2.75) is 65.2 Å². The summed E-state index contributed by atoms with van der Waals surface area (Å²) >= 11 is 1.71. The van der Waals surface area contributed by atoms with E-state index >= 15 is 0 Å². The third-order valence-corrected chi connectivity index (χ3v) is 3.55. The molecule has 0 fully saturated rings. The molecule has 86 valence electrons. The van der Waals surface area contributed by atoms with Crippen molar-refractivity contribution in [2.24, 2.45) is 0 Å². The first-order valence-corrected chi connectivity index (χ1v) is 7.08. The highest BCUT2D eigenvalue weighted by Crippen LogP contribution is 2.15. The van der Waals surface area contributed by atoms with Crippen molar-refractivity contribution in [1.82, 2.24) is 4.37 Å². The van der Waals surface area contributed by atoms with Gasteiger partial charge in [-0.05, 0) is 43.3 Å². The summed E-state index contributed by atoms with van der Waals surface area (Å²) in [6.45, 7) is 4.50. The van der Waals surface area contributed by atoms with Crippen LogP contribution in [0.1, 0.15) is 62.9 Å². The zero-order valence-electron chi connectivity index (χ0n) is 10.1. The highest BCUT2D eigenvalue weighted by molar-refractivity contribution is 7.05. The molecule has 0 spiro atoms. The predicted octanol–water partition coefficient (Wildman–Crippen LogP) is 4.61. The minimum Gasteiger partial charge on any atom is -0.197 e. The average Bonchev–Trinajstić information content (AvgIpc) is 2.67. The molecule has 1 aromatic rings. The van der Waals surface area contributed by atoms with Crippen LogP contribution >= 0.6 is 11.5 Å². The van der Waals surface area contributed by atoms with Gasteiger partial charge in [0.25, 0.3) is 0 Å². The van der Waals surface area contributed by atoms with Crippen molar-refractivity contribution < 1.29 is 0 Å². The first-order chi connectivity index (χ1) is 7.36. The second kappa shape index (κ2) is 7.86. The Bertz CT molecular complexity index is 230. The summed E-state index contributed by atoms with van der Waals surface area (Å²) in [6.07, 6.45) is 10.3. The van der Waals surface area contributed by atoms with E-state index < -0.39 is 0 Å². The van der Waals surface area contributed by atoms with Gasteiger partial charge in [-0.2, -0.15) is 4.37 Å². The van der Waals surface area contributed by atoms with E-state index in [-0.39, 0.29) is 0 Å². The molecule has 2 heteroatoms. The number of aryl methyl sites for hydroxylation is 2. The maximum absolute atomic E-state index is 4.51. The third-order valence-electron chi connectivity index (χ3n) is 2.67. The molecule has 0 N–H and O–H groups in total. The first-order valence-electron chi connectivity index (χ1n) is 6.31. The normalized spacial score (nSPS) is 10.8. The summed E-state index contributed by atoms with van der Waals surface area (Å²) in [6, 6.07) is 2.32. The van der Waals surface area contributed by atoms with Crippen molar-refractivity contribution in [1.29, 1.82) is 0 Å². The fourth-order valence-corrected chi connectivity index (χ4v) is 2.50. The van der Waals surface area contributed by atoms with E-state index in [0.717, 1.165) is 0 Å². The number of rotatable bonds is 8. The number of unbranched alkanes of at least 4 members (excludes halogenated alkanes) is 4. The first kappa shape index (κ1) is 12.7. The van der Waals surface area contributed by atoms with Gasteiger partial charge in [-0.25, -0.2) is 0 Å². The second-order valence-electron chi connectivity index (χ2n) is 4.20. The lowest BCUT2D eigenvalue weighted by Gasteiger charge is -1.94. The molecule has 1 nitrogen and oxygen atoms in total.